The van der Waals surface area contributed by atoms with Crippen molar-refractivity contribution in [3.05, 3.63) is 54.1 Å². The Balaban J connectivity index is 1.90. The van der Waals surface area contributed by atoms with Crippen LogP contribution in [0.15, 0.2) is 43.0 Å². The summed E-state index contributed by atoms with van der Waals surface area (Å²) in [6.07, 6.45) is 3.23. The van der Waals surface area contributed by atoms with Crippen molar-refractivity contribution < 1.29 is 19.7 Å². The molecule has 0 fully saturated rings. The highest BCUT2D eigenvalue weighted by molar-refractivity contribution is 5.64. The van der Waals surface area contributed by atoms with Crippen molar-refractivity contribution in [2.45, 2.75) is 19.1 Å². The molecular weight excluding hydrogens is 286 g/mol. The average Bonchev–Trinajstić information content (AvgIpc) is 2.54. The largest absolute Gasteiger partial charge is 0.489 e. The van der Waals surface area contributed by atoms with Crippen LogP contribution >= 0.6 is 0 Å². The number of carbonyl (C=O) groups is 1. The topological polar surface area (TPSA) is 105 Å². The van der Waals surface area contributed by atoms with Gasteiger partial charge in [0.05, 0.1) is 6.10 Å². The number of ether oxygens (including phenoxy) is 1. The molecule has 7 heteroatoms. The van der Waals surface area contributed by atoms with Crippen LogP contribution in [-0.4, -0.2) is 32.8 Å². The van der Waals surface area contributed by atoms with E-state index in [4.69, 9.17) is 9.84 Å². The zero-order valence-electron chi connectivity index (χ0n) is 11.8. The highest BCUT2D eigenvalue weighted by Gasteiger charge is 2.09. The summed E-state index contributed by atoms with van der Waals surface area (Å²) < 4.78 is 5.62. The maximum absolute atomic E-state index is 10.4. The lowest BCUT2D eigenvalue weighted by Crippen LogP contribution is -2.23. The van der Waals surface area contributed by atoms with Gasteiger partial charge in [0.2, 0.25) is 0 Å². The maximum Gasteiger partial charge on any atom is 0.404 e. The lowest BCUT2D eigenvalue weighted by atomic mass is 10.1. The first-order chi connectivity index (χ1) is 10.6. The molecule has 0 bridgehead atoms. The normalized spacial score (nSPS) is 11.7. The lowest BCUT2D eigenvalue weighted by Gasteiger charge is -2.13. The van der Waals surface area contributed by atoms with Gasteiger partial charge in [-0.25, -0.2) is 14.8 Å². The van der Waals surface area contributed by atoms with Gasteiger partial charge in [-0.1, -0.05) is 12.1 Å². The molecule has 3 N–H and O–H groups in total. The number of nitrogens with zero attached hydrogens (tertiary/aromatic N) is 2. The maximum atomic E-state index is 10.4. The Morgan fingerprint density at radius 3 is 2.82 bits per heavy atom. The minimum Gasteiger partial charge on any atom is -0.489 e. The minimum absolute atomic E-state index is 0.183. The van der Waals surface area contributed by atoms with E-state index in [0.29, 0.717) is 24.3 Å². The Morgan fingerprint density at radius 2 is 2.09 bits per heavy atom. The third-order valence-electron chi connectivity index (χ3n) is 2.96. The summed E-state index contributed by atoms with van der Waals surface area (Å²) in [6, 6.07) is 7.06. The first-order valence-electron chi connectivity index (χ1n) is 6.76. The summed E-state index contributed by atoms with van der Waals surface area (Å²) in [6.45, 7) is 0.518. The molecule has 0 radical (unpaired) electrons. The monoisotopic (exact) mass is 303 g/mol. The smallest absolute Gasteiger partial charge is 0.404 e. The second kappa shape index (κ2) is 7.94. The van der Waals surface area contributed by atoms with Gasteiger partial charge in [0.25, 0.3) is 0 Å². The number of aliphatic hydroxyl groups excluding tert-OH is 1. The van der Waals surface area contributed by atoms with Crippen molar-refractivity contribution in [1.82, 2.24) is 15.3 Å². The zero-order chi connectivity index (χ0) is 15.8. The SMILES string of the molecule is O=C(O)NCCC(O)c1cccc(OCc2cncnc2)c1. The van der Waals surface area contributed by atoms with E-state index in [1.54, 1.807) is 36.7 Å². The van der Waals surface area contributed by atoms with Crippen molar-refractivity contribution in [2.75, 3.05) is 6.54 Å². The number of amides is 1. The molecule has 0 saturated carbocycles. The molecule has 2 aromatic rings. The zero-order valence-corrected chi connectivity index (χ0v) is 11.8. The van der Waals surface area contributed by atoms with Crippen LogP contribution in [0.4, 0.5) is 4.79 Å². The summed E-state index contributed by atoms with van der Waals surface area (Å²) in [5.74, 6) is 0.617. The molecule has 1 aromatic heterocycles. The number of hydrogen-bond donors (Lipinski definition) is 3. The van der Waals surface area contributed by atoms with E-state index in [1.807, 2.05) is 0 Å². The molecule has 0 spiro atoms. The Bertz CT molecular complexity index is 607. The van der Waals surface area contributed by atoms with Crippen LogP contribution in [0.2, 0.25) is 0 Å². The van der Waals surface area contributed by atoms with Crippen molar-refractivity contribution in [3.8, 4) is 5.75 Å². The molecule has 0 aliphatic heterocycles. The Kier molecular flexibility index (Phi) is 5.67. The molecule has 1 heterocycles. The summed E-state index contributed by atoms with van der Waals surface area (Å²) in [4.78, 5) is 18.2. The second-order valence-corrected chi connectivity index (χ2v) is 4.64. The van der Waals surface area contributed by atoms with Gasteiger partial charge in [-0.2, -0.15) is 0 Å². The third-order valence-corrected chi connectivity index (χ3v) is 2.96. The molecule has 7 nitrogen and oxygen atoms in total. The average molecular weight is 303 g/mol. The van der Waals surface area contributed by atoms with Crippen molar-refractivity contribution >= 4 is 6.09 Å². The van der Waals surface area contributed by atoms with Crippen molar-refractivity contribution in [2.24, 2.45) is 0 Å². The quantitative estimate of drug-likeness (QED) is 0.719. The van der Waals surface area contributed by atoms with Crippen molar-refractivity contribution in [3.63, 3.8) is 0 Å². The van der Waals surface area contributed by atoms with E-state index >= 15 is 0 Å². The minimum atomic E-state index is -1.10. The fourth-order valence-corrected chi connectivity index (χ4v) is 1.87. The van der Waals surface area contributed by atoms with Crippen molar-refractivity contribution in [1.29, 1.82) is 0 Å². The molecule has 0 aliphatic rings. The Labute approximate surface area is 127 Å². The summed E-state index contributed by atoms with van der Waals surface area (Å²) in [5, 5.41) is 20.7. The summed E-state index contributed by atoms with van der Waals surface area (Å²) in [7, 11) is 0. The lowest BCUT2D eigenvalue weighted by molar-refractivity contribution is 0.161. The molecule has 22 heavy (non-hydrogen) atoms. The number of benzene rings is 1. The number of rotatable bonds is 7. The Hall–Kier alpha value is -2.67. The van der Waals surface area contributed by atoms with Gasteiger partial charge < -0.3 is 20.3 Å². The molecule has 116 valence electrons. The van der Waals surface area contributed by atoms with E-state index in [9.17, 15) is 9.90 Å². The van der Waals surface area contributed by atoms with Crippen LogP contribution in [0, 0.1) is 0 Å². The molecule has 0 saturated heterocycles. The first kappa shape index (κ1) is 15.7. The summed E-state index contributed by atoms with van der Waals surface area (Å²) >= 11 is 0. The third kappa shape index (κ3) is 5.02. The second-order valence-electron chi connectivity index (χ2n) is 4.64. The summed E-state index contributed by atoms with van der Waals surface area (Å²) in [5.41, 5.74) is 1.52. The number of nitrogens with one attached hydrogen (secondary N) is 1. The highest BCUT2D eigenvalue weighted by Crippen LogP contribution is 2.22. The first-order valence-corrected chi connectivity index (χ1v) is 6.76. The number of carboxylic acid groups (broad SMARTS) is 1. The van der Waals surface area contributed by atoms with Gasteiger partial charge in [0, 0.05) is 24.5 Å². The Morgan fingerprint density at radius 1 is 1.32 bits per heavy atom. The van der Waals surface area contributed by atoms with E-state index in [-0.39, 0.29) is 6.54 Å². The predicted molar refractivity (Wildman–Crippen MR) is 78.4 cm³/mol. The van der Waals surface area contributed by atoms with Gasteiger partial charge in [0.15, 0.2) is 0 Å². The van der Waals surface area contributed by atoms with Crippen LogP contribution in [-0.2, 0) is 6.61 Å². The fourth-order valence-electron chi connectivity index (χ4n) is 1.87. The molecule has 1 amide bonds. The standard InChI is InChI=1S/C15H17N3O4/c19-14(4-5-18-15(20)21)12-2-1-3-13(6-12)22-9-11-7-16-10-17-8-11/h1-3,6-8,10,14,18-19H,4-5,9H2,(H,20,21). The highest BCUT2D eigenvalue weighted by atomic mass is 16.5. The number of aliphatic hydroxyl groups is 1. The van der Waals surface area contributed by atoms with E-state index in [1.165, 1.54) is 6.33 Å². The predicted octanol–water partition coefficient (Wildman–Crippen LogP) is 1.75. The van der Waals surface area contributed by atoms with Crippen LogP contribution in [0.5, 0.6) is 5.75 Å². The van der Waals surface area contributed by atoms with E-state index in [0.717, 1.165) is 5.56 Å². The number of hydrogen-bond acceptors (Lipinski definition) is 5. The molecule has 1 unspecified atom stereocenters. The molecular formula is C15H17N3O4. The van der Waals surface area contributed by atoms with Gasteiger partial charge >= 0.3 is 6.09 Å². The molecule has 2 rings (SSSR count). The molecule has 0 aliphatic carbocycles. The van der Waals surface area contributed by atoms with E-state index in [2.05, 4.69) is 15.3 Å². The fraction of sp³-hybridized carbons (Fsp3) is 0.267. The van der Waals surface area contributed by atoms with Gasteiger partial charge in [-0.15, -0.1) is 0 Å². The van der Waals surface area contributed by atoms with Gasteiger partial charge in [0.1, 0.15) is 18.7 Å². The molecule has 1 atom stereocenters. The van der Waals surface area contributed by atoms with E-state index < -0.39 is 12.2 Å². The van der Waals surface area contributed by atoms with Crippen LogP contribution < -0.4 is 10.1 Å². The van der Waals surface area contributed by atoms with Gasteiger partial charge in [-0.05, 0) is 24.1 Å². The molecule has 1 aromatic carbocycles. The van der Waals surface area contributed by atoms with Crippen LogP contribution in [0.1, 0.15) is 23.7 Å². The number of aromatic nitrogens is 2. The van der Waals surface area contributed by atoms with Gasteiger partial charge in [-0.3, -0.25) is 0 Å². The van der Waals surface area contributed by atoms with Crippen LogP contribution in [0.3, 0.4) is 0 Å². The van der Waals surface area contributed by atoms with Crippen LogP contribution in [0.25, 0.3) is 0 Å².